The van der Waals surface area contributed by atoms with Crippen LogP contribution in [0.15, 0.2) is 0 Å². The summed E-state index contributed by atoms with van der Waals surface area (Å²) in [7, 11) is -3.68. The van der Waals surface area contributed by atoms with E-state index in [9.17, 15) is 14.2 Å². The lowest BCUT2D eigenvalue weighted by molar-refractivity contribution is -0.149. The average molecular weight is 253 g/mol. The molecule has 2 atom stereocenters. The first-order valence-electron chi connectivity index (χ1n) is 4.47. The Hall–Kier alpha value is -0.950. The minimum absolute atomic E-state index is 0.378. The van der Waals surface area contributed by atoms with Crippen molar-refractivity contribution >= 4 is 19.4 Å². The van der Waals surface area contributed by atoms with Gasteiger partial charge in [-0.15, -0.1) is 0 Å². The van der Waals surface area contributed by atoms with Gasteiger partial charge in [-0.3, -0.25) is 14.9 Å². The van der Waals surface area contributed by atoms with Gasteiger partial charge in [-0.25, -0.2) is 9.88 Å². The maximum absolute atomic E-state index is 11.4. The first-order chi connectivity index (χ1) is 7.14. The minimum Gasteiger partial charge on any atom is -0.481 e. The number of ether oxygens (including phenoxy) is 1. The van der Waals surface area contributed by atoms with Crippen LogP contribution in [0.2, 0.25) is 0 Å². The zero-order chi connectivity index (χ0) is 12.9. The highest BCUT2D eigenvalue weighted by Gasteiger charge is 2.27. The standard InChI is InChI=1S/C7H16N3O5P/c1-4(2)15-7(13)6(8)10-16(9,14)3-5(11)12/h4,6H,3,8H2,1-2H3,(H,11,12)(H3,9,10,14)/t6-,16?/m1/s1. The summed E-state index contributed by atoms with van der Waals surface area (Å²) >= 11 is 0. The number of hydrogen-bond acceptors (Lipinski definition) is 5. The third-order valence-corrected chi connectivity index (χ3v) is 2.79. The highest BCUT2D eigenvalue weighted by molar-refractivity contribution is 7.60. The smallest absolute Gasteiger partial charge is 0.338 e. The van der Waals surface area contributed by atoms with Crippen LogP contribution in [0.5, 0.6) is 0 Å². The summed E-state index contributed by atoms with van der Waals surface area (Å²) in [6.45, 7) is 3.23. The molecule has 0 amide bonds. The molecule has 0 aromatic carbocycles. The molecule has 0 rings (SSSR count). The number of rotatable bonds is 6. The van der Waals surface area contributed by atoms with E-state index in [1.54, 1.807) is 13.8 Å². The van der Waals surface area contributed by atoms with E-state index in [4.69, 9.17) is 21.1 Å². The van der Waals surface area contributed by atoms with Crippen LogP contribution >= 0.6 is 7.44 Å². The average Bonchev–Trinajstić information content (AvgIpc) is 1.98. The van der Waals surface area contributed by atoms with Crippen molar-refractivity contribution in [1.82, 2.24) is 5.09 Å². The third kappa shape index (κ3) is 6.52. The van der Waals surface area contributed by atoms with Crippen molar-refractivity contribution in [2.24, 2.45) is 11.2 Å². The molecule has 0 aliphatic carbocycles. The van der Waals surface area contributed by atoms with Crippen molar-refractivity contribution in [1.29, 1.82) is 0 Å². The molecule has 0 aliphatic rings. The molecule has 94 valence electrons. The molecule has 0 aromatic heterocycles. The van der Waals surface area contributed by atoms with E-state index in [0.29, 0.717) is 0 Å². The van der Waals surface area contributed by atoms with Crippen LogP contribution in [0.3, 0.4) is 0 Å². The molecule has 0 radical (unpaired) electrons. The van der Waals surface area contributed by atoms with Crippen molar-refractivity contribution in [3.63, 3.8) is 0 Å². The number of hydrogen-bond donors (Lipinski definition) is 4. The zero-order valence-corrected chi connectivity index (χ0v) is 9.94. The van der Waals surface area contributed by atoms with Crippen LogP contribution in [0.25, 0.3) is 0 Å². The Morgan fingerprint density at radius 3 is 2.38 bits per heavy atom. The Morgan fingerprint density at radius 1 is 1.50 bits per heavy atom. The fraction of sp³-hybridized carbons (Fsp3) is 0.714. The van der Waals surface area contributed by atoms with E-state index in [2.05, 4.69) is 0 Å². The van der Waals surface area contributed by atoms with Crippen LogP contribution in [0.1, 0.15) is 13.8 Å². The molecule has 0 spiro atoms. The lowest BCUT2D eigenvalue weighted by Gasteiger charge is -2.18. The summed E-state index contributed by atoms with van der Waals surface area (Å²) in [5, 5.41) is 10.4. The number of carbonyl (C=O) groups is 2. The van der Waals surface area contributed by atoms with Gasteiger partial charge < -0.3 is 15.6 Å². The molecule has 0 bridgehead atoms. The predicted molar refractivity (Wildman–Crippen MR) is 56.6 cm³/mol. The quantitative estimate of drug-likeness (QED) is 0.269. The predicted octanol–water partition coefficient (Wildman–Crippen LogP) is -0.951. The summed E-state index contributed by atoms with van der Waals surface area (Å²) in [6, 6.07) is 0. The summed E-state index contributed by atoms with van der Waals surface area (Å²) < 4.78 is 16.1. The van der Waals surface area contributed by atoms with Gasteiger partial charge in [-0.1, -0.05) is 0 Å². The molecule has 0 saturated carbocycles. The summed E-state index contributed by atoms with van der Waals surface area (Å²) in [5.41, 5.74) is 10.5. The van der Waals surface area contributed by atoms with Crippen molar-refractivity contribution < 1.29 is 24.0 Å². The number of esters is 1. The van der Waals surface area contributed by atoms with Crippen LogP contribution < -0.4 is 16.3 Å². The first-order valence-corrected chi connectivity index (χ1v) is 6.43. The van der Waals surface area contributed by atoms with Gasteiger partial charge in [0.25, 0.3) is 0 Å². The molecule has 0 fully saturated rings. The van der Waals surface area contributed by atoms with Crippen molar-refractivity contribution in [2.75, 3.05) is 6.16 Å². The van der Waals surface area contributed by atoms with Gasteiger partial charge in [0.2, 0.25) is 7.44 Å². The molecule has 0 saturated heterocycles. The highest BCUT2D eigenvalue weighted by atomic mass is 31.2. The van der Waals surface area contributed by atoms with Crippen LogP contribution in [-0.4, -0.2) is 35.5 Å². The van der Waals surface area contributed by atoms with E-state index >= 15 is 0 Å². The second kappa shape index (κ2) is 5.95. The molecule has 8 nitrogen and oxygen atoms in total. The number of carboxylic acids is 1. The third-order valence-electron chi connectivity index (χ3n) is 1.33. The fourth-order valence-electron chi connectivity index (χ4n) is 0.840. The molecular formula is C7H16N3O5P. The normalized spacial score (nSPS) is 16.6. The van der Waals surface area contributed by atoms with E-state index in [-0.39, 0.29) is 6.10 Å². The van der Waals surface area contributed by atoms with Crippen LogP contribution in [0.4, 0.5) is 0 Å². The zero-order valence-electron chi connectivity index (χ0n) is 9.04. The number of nitrogens with two attached hydrogens (primary N) is 2. The van der Waals surface area contributed by atoms with E-state index < -0.39 is 31.7 Å². The second-order valence-electron chi connectivity index (χ2n) is 3.44. The maximum Gasteiger partial charge on any atom is 0.338 e. The first kappa shape index (κ1) is 15.0. The molecule has 16 heavy (non-hydrogen) atoms. The number of carbonyl (C=O) groups excluding carboxylic acids is 1. The van der Waals surface area contributed by atoms with Gasteiger partial charge in [0, 0.05) is 0 Å². The Morgan fingerprint density at radius 2 is 2.00 bits per heavy atom. The largest absolute Gasteiger partial charge is 0.481 e. The molecule has 0 aliphatic heterocycles. The minimum atomic E-state index is -3.68. The molecule has 9 heteroatoms. The molecule has 0 aromatic rings. The topological polar surface area (TPSA) is 145 Å². The number of carboxylic acid groups (broad SMARTS) is 1. The van der Waals surface area contributed by atoms with Gasteiger partial charge in [-0.05, 0) is 13.8 Å². The number of nitrogens with one attached hydrogen (secondary N) is 1. The van der Waals surface area contributed by atoms with Crippen LogP contribution in [-0.2, 0) is 18.9 Å². The lowest BCUT2D eigenvalue weighted by Crippen LogP contribution is -2.46. The highest BCUT2D eigenvalue weighted by Crippen LogP contribution is 2.30. The van der Waals surface area contributed by atoms with Gasteiger partial charge in [-0.2, -0.15) is 0 Å². The lowest BCUT2D eigenvalue weighted by atomic mass is 10.4. The van der Waals surface area contributed by atoms with E-state index in [1.807, 2.05) is 5.09 Å². The molecule has 1 unspecified atom stereocenters. The van der Waals surface area contributed by atoms with Gasteiger partial charge in [0.1, 0.15) is 6.16 Å². The van der Waals surface area contributed by atoms with E-state index in [0.717, 1.165) is 0 Å². The van der Waals surface area contributed by atoms with Gasteiger partial charge in [0.15, 0.2) is 6.17 Å². The summed E-state index contributed by atoms with van der Waals surface area (Å²) in [6.07, 6.45) is -2.58. The Bertz CT molecular complexity index is 319. The Kier molecular flexibility index (Phi) is 5.60. The van der Waals surface area contributed by atoms with Crippen LogP contribution in [0, 0.1) is 0 Å². The summed E-state index contributed by atoms with van der Waals surface area (Å²) in [4.78, 5) is 21.5. The Labute approximate surface area is 92.8 Å². The Balaban J connectivity index is 4.32. The van der Waals surface area contributed by atoms with E-state index in [1.165, 1.54) is 0 Å². The fourth-order valence-corrected chi connectivity index (χ4v) is 1.91. The molecule has 6 N–H and O–H groups in total. The SMILES string of the molecule is CC(C)OC(=O)[C@H](N)NP(N)(=O)CC(=O)O. The molecular weight excluding hydrogens is 237 g/mol. The number of aliphatic carboxylic acids is 1. The van der Waals surface area contributed by atoms with Crippen molar-refractivity contribution in [3.8, 4) is 0 Å². The van der Waals surface area contributed by atoms with Gasteiger partial charge in [0.05, 0.1) is 6.10 Å². The van der Waals surface area contributed by atoms with Crippen molar-refractivity contribution in [2.45, 2.75) is 26.1 Å². The monoisotopic (exact) mass is 253 g/mol. The van der Waals surface area contributed by atoms with Gasteiger partial charge >= 0.3 is 11.9 Å². The molecule has 0 heterocycles. The summed E-state index contributed by atoms with van der Waals surface area (Å²) in [5.74, 6) is -2.19. The second-order valence-corrected chi connectivity index (χ2v) is 5.61. The van der Waals surface area contributed by atoms with Crippen molar-refractivity contribution in [3.05, 3.63) is 0 Å². The maximum atomic E-state index is 11.4.